The van der Waals surface area contributed by atoms with Crippen LogP contribution in [0, 0.1) is 5.82 Å². The predicted molar refractivity (Wildman–Crippen MR) is 88.7 cm³/mol. The van der Waals surface area contributed by atoms with Crippen molar-refractivity contribution in [3.8, 4) is 17.3 Å². The highest BCUT2D eigenvalue weighted by Crippen LogP contribution is 2.17. The summed E-state index contributed by atoms with van der Waals surface area (Å²) in [6.07, 6.45) is 1.56. The molecule has 0 bridgehead atoms. The van der Waals surface area contributed by atoms with E-state index in [2.05, 4.69) is 20.8 Å². The number of hydrogen-bond acceptors (Lipinski definition) is 5. The molecule has 0 spiro atoms. The fraction of sp³-hybridized carbons (Fsp3) is 0.118. The first-order chi connectivity index (χ1) is 12.2. The summed E-state index contributed by atoms with van der Waals surface area (Å²) in [5.41, 5.74) is 1.10. The number of urea groups is 1. The molecule has 1 aromatic carbocycles. The summed E-state index contributed by atoms with van der Waals surface area (Å²) >= 11 is 0. The molecule has 0 fully saturated rings. The van der Waals surface area contributed by atoms with E-state index in [1.807, 2.05) is 0 Å². The Morgan fingerprint density at radius 3 is 2.64 bits per heavy atom. The number of amides is 2. The van der Waals surface area contributed by atoms with Gasteiger partial charge in [0.05, 0.1) is 12.8 Å². The monoisotopic (exact) mass is 342 g/mol. The van der Waals surface area contributed by atoms with Gasteiger partial charge in [0.1, 0.15) is 18.1 Å². The van der Waals surface area contributed by atoms with Crippen LogP contribution in [0.15, 0.2) is 59.2 Å². The van der Waals surface area contributed by atoms with Crippen LogP contribution in [0.5, 0.6) is 5.88 Å². The smallest absolute Gasteiger partial charge is 0.319 e. The third-order valence-electron chi connectivity index (χ3n) is 3.15. The molecule has 7 nitrogen and oxygen atoms in total. The molecule has 0 aliphatic carbocycles. The fourth-order valence-corrected chi connectivity index (χ4v) is 1.98. The number of carbonyl (C=O) groups excluding carboxylic acids is 1. The second-order valence-electron chi connectivity index (χ2n) is 4.97. The van der Waals surface area contributed by atoms with Crippen LogP contribution in [0.1, 0.15) is 0 Å². The van der Waals surface area contributed by atoms with Gasteiger partial charge in [-0.3, -0.25) is 0 Å². The van der Waals surface area contributed by atoms with Crippen molar-refractivity contribution in [2.45, 2.75) is 0 Å². The molecular formula is C17H15FN4O3. The Kier molecular flexibility index (Phi) is 5.20. The lowest BCUT2D eigenvalue weighted by molar-refractivity contribution is 0.246. The summed E-state index contributed by atoms with van der Waals surface area (Å²) < 4.78 is 23.4. The van der Waals surface area contributed by atoms with Crippen molar-refractivity contribution >= 4 is 11.7 Å². The molecule has 3 aromatic rings. The third kappa shape index (κ3) is 4.77. The molecule has 0 radical (unpaired) electrons. The van der Waals surface area contributed by atoms with Crippen LogP contribution >= 0.6 is 0 Å². The highest BCUT2D eigenvalue weighted by molar-refractivity contribution is 5.89. The molecule has 3 rings (SSSR count). The zero-order valence-electron chi connectivity index (χ0n) is 13.1. The van der Waals surface area contributed by atoms with E-state index in [0.29, 0.717) is 23.0 Å². The molecule has 2 amide bonds. The van der Waals surface area contributed by atoms with Gasteiger partial charge in [0, 0.05) is 11.8 Å². The molecule has 0 aliphatic rings. The zero-order chi connectivity index (χ0) is 17.5. The van der Waals surface area contributed by atoms with E-state index in [4.69, 9.17) is 9.15 Å². The van der Waals surface area contributed by atoms with Gasteiger partial charge in [0.25, 0.3) is 0 Å². The van der Waals surface area contributed by atoms with Crippen LogP contribution in [-0.4, -0.2) is 29.4 Å². The van der Waals surface area contributed by atoms with Crippen molar-refractivity contribution in [2.24, 2.45) is 0 Å². The van der Waals surface area contributed by atoms with E-state index >= 15 is 0 Å². The molecule has 0 saturated carbocycles. The number of halogens is 1. The quantitative estimate of drug-likeness (QED) is 0.672. The number of ether oxygens (including phenoxy) is 1. The standard InChI is InChI=1S/C17H15FN4O3/c18-12-3-5-13(6-4-12)20-17(23)19-9-11-25-16-8-7-14(21-22-16)15-2-1-10-24-15/h1-8,10H,9,11H2,(H2,19,20,23). The van der Waals surface area contributed by atoms with Crippen LogP contribution in [0.2, 0.25) is 0 Å². The van der Waals surface area contributed by atoms with Crippen LogP contribution in [0.4, 0.5) is 14.9 Å². The van der Waals surface area contributed by atoms with Gasteiger partial charge in [0.15, 0.2) is 5.76 Å². The Hall–Kier alpha value is -3.42. The summed E-state index contributed by atoms with van der Waals surface area (Å²) in [6, 6.07) is 12.0. The lowest BCUT2D eigenvalue weighted by Crippen LogP contribution is -2.32. The number of nitrogens with zero attached hydrogens (tertiary/aromatic N) is 2. The lowest BCUT2D eigenvalue weighted by Gasteiger charge is -2.08. The number of hydrogen-bond donors (Lipinski definition) is 2. The van der Waals surface area contributed by atoms with E-state index in [1.54, 1.807) is 30.5 Å². The van der Waals surface area contributed by atoms with Gasteiger partial charge >= 0.3 is 6.03 Å². The Labute approximate surface area is 142 Å². The van der Waals surface area contributed by atoms with Crippen LogP contribution in [-0.2, 0) is 0 Å². The first-order valence-corrected chi connectivity index (χ1v) is 7.51. The summed E-state index contributed by atoms with van der Waals surface area (Å²) in [7, 11) is 0. The average molecular weight is 342 g/mol. The summed E-state index contributed by atoms with van der Waals surface area (Å²) in [5, 5.41) is 13.1. The van der Waals surface area contributed by atoms with Crippen molar-refractivity contribution in [2.75, 3.05) is 18.5 Å². The van der Waals surface area contributed by atoms with Crippen molar-refractivity contribution in [3.05, 3.63) is 60.6 Å². The molecule has 128 valence electrons. The zero-order valence-corrected chi connectivity index (χ0v) is 13.1. The molecule has 2 heterocycles. The van der Waals surface area contributed by atoms with Gasteiger partial charge in [-0.2, -0.15) is 0 Å². The van der Waals surface area contributed by atoms with Gasteiger partial charge in [-0.15, -0.1) is 10.2 Å². The molecule has 0 atom stereocenters. The topological polar surface area (TPSA) is 89.3 Å². The minimum atomic E-state index is -0.408. The van der Waals surface area contributed by atoms with Crippen molar-refractivity contribution < 1.29 is 18.3 Å². The van der Waals surface area contributed by atoms with E-state index < -0.39 is 6.03 Å². The largest absolute Gasteiger partial charge is 0.475 e. The van der Waals surface area contributed by atoms with Gasteiger partial charge in [-0.05, 0) is 42.5 Å². The van der Waals surface area contributed by atoms with Crippen molar-refractivity contribution in [1.82, 2.24) is 15.5 Å². The highest BCUT2D eigenvalue weighted by atomic mass is 19.1. The second-order valence-corrected chi connectivity index (χ2v) is 4.97. The molecule has 25 heavy (non-hydrogen) atoms. The minimum Gasteiger partial charge on any atom is -0.475 e. The van der Waals surface area contributed by atoms with Gasteiger partial charge < -0.3 is 19.8 Å². The lowest BCUT2D eigenvalue weighted by atomic mass is 10.3. The Morgan fingerprint density at radius 2 is 1.96 bits per heavy atom. The van der Waals surface area contributed by atoms with E-state index in [9.17, 15) is 9.18 Å². The second kappa shape index (κ2) is 7.91. The summed E-state index contributed by atoms with van der Waals surface area (Å²) in [6.45, 7) is 0.500. The number of benzene rings is 1. The number of nitrogens with one attached hydrogen (secondary N) is 2. The van der Waals surface area contributed by atoms with Gasteiger partial charge in [-0.1, -0.05) is 0 Å². The maximum Gasteiger partial charge on any atom is 0.319 e. The van der Waals surface area contributed by atoms with E-state index in [0.717, 1.165) is 0 Å². The number of carbonyl (C=O) groups is 1. The molecule has 0 saturated heterocycles. The van der Waals surface area contributed by atoms with Crippen LogP contribution < -0.4 is 15.4 Å². The maximum absolute atomic E-state index is 12.8. The number of anilines is 1. The Bertz CT molecular complexity index is 805. The van der Waals surface area contributed by atoms with Crippen molar-refractivity contribution in [1.29, 1.82) is 0 Å². The predicted octanol–water partition coefficient (Wildman–Crippen LogP) is 3.08. The highest BCUT2D eigenvalue weighted by Gasteiger charge is 2.05. The number of aromatic nitrogens is 2. The van der Waals surface area contributed by atoms with Crippen LogP contribution in [0.3, 0.4) is 0 Å². The summed E-state index contributed by atoms with van der Waals surface area (Å²) in [4.78, 5) is 11.7. The number of furan rings is 1. The maximum atomic E-state index is 12.8. The first kappa shape index (κ1) is 16.4. The average Bonchev–Trinajstić information content (AvgIpc) is 3.16. The number of rotatable bonds is 6. The molecule has 0 aliphatic heterocycles. The first-order valence-electron chi connectivity index (χ1n) is 7.51. The summed E-state index contributed by atoms with van der Waals surface area (Å²) in [5.74, 6) is 0.604. The van der Waals surface area contributed by atoms with E-state index in [1.165, 1.54) is 24.3 Å². The molecule has 2 N–H and O–H groups in total. The van der Waals surface area contributed by atoms with Gasteiger partial charge in [-0.25, -0.2) is 9.18 Å². The molecule has 2 aromatic heterocycles. The van der Waals surface area contributed by atoms with Gasteiger partial charge in [0.2, 0.25) is 5.88 Å². The fourth-order valence-electron chi connectivity index (χ4n) is 1.98. The van der Waals surface area contributed by atoms with Crippen LogP contribution in [0.25, 0.3) is 11.5 Å². The van der Waals surface area contributed by atoms with E-state index in [-0.39, 0.29) is 19.0 Å². The normalized spacial score (nSPS) is 10.3. The minimum absolute atomic E-state index is 0.228. The molecular weight excluding hydrogens is 327 g/mol. The third-order valence-corrected chi connectivity index (χ3v) is 3.15. The Balaban J connectivity index is 1.39. The molecule has 0 unspecified atom stereocenters. The SMILES string of the molecule is O=C(NCCOc1ccc(-c2ccco2)nn1)Nc1ccc(F)cc1. The Morgan fingerprint density at radius 1 is 1.12 bits per heavy atom. The molecule has 8 heteroatoms. The van der Waals surface area contributed by atoms with Crippen molar-refractivity contribution in [3.63, 3.8) is 0 Å².